The van der Waals surface area contributed by atoms with Gasteiger partial charge in [0.2, 0.25) is 5.91 Å². The zero-order valence-corrected chi connectivity index (χ0v) is 20.8. The van der Waals surface area contributed by atoms with Crippen LogP contribution in [0.5, 0.6) is 0 Å². The molecule has 4 rings (SSSR count). The fourth-order valence-electron chi connectivity index (χ4n) is 4.67. The Balaban J connectivity index is 1.30. The molecule has 0 saturated carbocycles. The van der Waals surface area contributed by atoms with Crippen molar-refractivity contribution in [2.75, 3.05) is 43.4 Å². The molecule has 2 aromatic carbocycles. The van der Waals surface area contributed by atoms with Crippen LogP contribution in [-0.2, 0) is 4.79 Å². The second kappa shape index (κ2) is 11.4. The number of nitrogens with one attached hydrogen (secondary N) is 2. The Labute approximate surface area is 207 Å². The second-order valence-electron chi connectivity index (χ2n) is 10.0. The highest BCUT2D eigenvalue weighted by molar-refractivity contribution is 5.98. The van der Waals surface area contributed by atoms with Gasteiger partial charge in [0.05, 0.1) is 6.54 Å². The second-order valence-corrected chi connectivity index (χ2v) is 10.0. The van der Waals surface area contributed by atoms with Crippen molar-refractivity contribution in [1.29, 1.82) is 0 Å². The summed E-state index contributed by atoms with van der Waals surface area (Å²) in [4.78, 5) is 42.0. The van der Waals surface area contributed by atoms with Gasteiger partial charge in [0.25, 0.3) is 11.8 Å². The number of hydrogen-bond donors (Lipinski definition) is 2. The molecule has 2 aromatic rings. The van der Waals surface area contributed by atoms with Gasteiger partial charge in [0, 0.05) is 48.7 Å². The highest BCUT2D eigenvalue weighted by Crippen LogP contribution is 2.21. The SMILES string of the molecule is CC1CCN(C(=O)c2cccc(NCC(=O)Nc3cccc(C(=O)N4CCC(C)CC4)c3)c2)CC1. The molecule has 35 heavy (non-hydrogen) atoms. The smallest absolute Gasteiger partial charge is 0.253 e. The third-order valence-electron chi connectivity index (χ3n) is 7.10. The minimum Gasteiger partial charge on any atom is -0.376 e. The molecule has 2 N–H and O–H groups in total. The Hall–Kier alpha value is -3.35. The average Bonchev–Trinajstić information content (AvgIpc) is 2.88. The van der Waals surface area contributed by atoms with E-state index in [0.29, 0.717) is 28.7 Å². The Morgan fingerprint density at radius 2 is 1.20 bits per heavy atom. The highest BCUT2D eigenvalue weighted by atomic mass is 16.2. The predicted molar refractivity (Wildman–Crippen MR) is 139 cm³/mol. The van der Waals surface area contributed by atoms with Gasteiger partial charge in [0.15, 0.2) is 0 Å². The van der Waals surface area contributed by atoms with E-state index in [-0.39, 0.29) is 24.3 Å². The van der Waals surface area contributed by atoms with Gasteiger partial charge < -0.3 is 20.4 Å². The van der Waals surface area contributed by atoms with E-state index in [0.717, 1.165) is 57.5 Å². The summed E-state index contributed by atoms with van der Waals surface area (Å²) in [5.74, 6) is 1.15. The van der Waals surface area contributed by atoms with E-state index in [4.69, 9.17) is 0 Å². The number of piperidine rings is 2. The molecule has 2 heterocycles. The van der Waals surface area contributed by atoms with Crippen molar-refractivity contribution in [3.05, 3.63) is 59.7 Å². The van der Waals surface area contributed by atoms with Crippen LogP contribution in [0.3, 0.4) is 0 Å². The summed E-state index contributed by atoms with van der Waals surface area (Å²) >= 11 is 0. The van der Waals surface area contributed by atoms with E-state index in [1.54, 1.807) is 30.3 Å². The van der Waals surface area contributed by atoms with Crippen LogP contribution in [0.4, 0.5) is 11.4 Å². The summed E-state index contributed by atoms with van der Waals surface area (Å²) < 4.78 is 0. The predicted octanol–water partition coefficient (Wildman–Crippen LogP) is 4.48. The zero-order valence-electron chi connectivity index (χ0n) is 20.8. The molecule has 2 aliphatic rings. The first-order valence-electron chi connectivity index (χ1n) is 12.7. The normalized spacial score (nSPS) is 17.2. The molecule has 186 valence electrons. The lowest BCUT2D eigenvalue weighted by Crippen LogP contribution is -2.38. The molecule has 2 fully saturated rings. The van der Waals surface area contributed by atoms with E-state index in [9.17, 15) is 14.4 Å². The molecule has 3 amide bonds. The lowest BCUT2D eigenvalue weighted by atomic mass is 9.98. The van der Waals surface area contributed by atoms with Gasteiger partial charge in [-0.1, -0.05) is 26.0 Å². The minimum absolute atomic E-state index is 0.00997. The summed E-state index contributed by atoms with van der Waals surface area (Å²) in [5, 5.41) is 5.97. The fraction of sp³-hybridized carbons (Fsp3) is 0.464. The molecule has 0 radical (unpaired) electrons. The van der Waals surface area contributed by atoms with Gasteiger partial charge in [-0.3, -0.25) is 14.4 Å². The molecule has 7 heteroatoms. The molecular weight excluding hydrogens is 440 g/mol. The summed E-state index contributed by atoms with van der Waals surface area (Å²) in [6.45, 7) is 7.63. The number of carbonyl (C=O) groups is 3. The average molecular weight is 477 g/mol. The molecule has 0 atom stereocenters. The Morgan fingerprint density at radius 3 is 1.71 bits per heavy atom. The fourth-order valence-corrected chi connectivity index (χ4v) is 4.67. The molecule has 0 aliphatic carbocycles. The maximum atomic E-state index is 12.8. The van der Waals surface area contributed by atoms with Crippen molar-refractivity contribution in [1.82, 2.24) is 9.80 Å². The Morgan fingerprint density at radius 1 is 0.743 bits per heavy atom. The van der Waals surface area contributed by atoms with Crippen LogP contribution in [0, 0.1) is 11.8 Å². The van der Waals surface area contributed by atoms with Crippen molar-refractivity contribution < 1.29 is 14.4 Å². The standard InChI is InChI=1S/C28H36N4O3/c1-20-9-13-31(14-10-20)27(34)22-5-3-7-24(17-22)29-19-26(33)30-25-8-4-6-23(18-25)28(35)32-15-11-21(2)12-16-32/h3-8,17-18,20-21,29H,9-16,19H2,1-2H3,(H,30,33). The number of likely N-dealkylation sites (tertiary alicyclic amines) is 2. The third kappa shape index (κ3) is 6.62. The Kier molecular flexibility index (Phi) is 8.06. The molecule has 0 unspecified atom stereocenters. The zero-order chi connectivity index (χ0) is 24.8. The summed E-state index contributed by atoms with van der Waals surface area (Å²) in [7, 11) is 0. The molecule has 2 saturated heterocycles. The van der Waals surface area contributed by atoms with Crippen molar-refractivity contribution in [2.45, 2.75) is 39.5 Å². The molecule has 0 aromatic heterocycles. The number of rotatable bonds is 6. The van der Waals surface area contributed by atoms with Gasteiger partial charge in [-0.15, -0.1) is 0 Å². The van der Waals surface area contributed by atoms with Crippen molar-refractivity contribution in [2.24, 2.45) is 11.8 Å². The van der Waals surface area contributed by atoms with Crippen molar-refractivity contribution in [3.8, 4) is 0 Å². The van der Waals surface area contributed by atoms with Gasteiger partial charge in [0.1, 0.15) is 0 Å². The number of carbonyl (C=O) groups excluding carboxylic acids is 3. The summed E-state index contributed by atoms with van der Waals surface area (Å²) in [6, 6.07) is 14.4. The first kappa shape index (κ1) is 24.8. The van der Waals surface area contributed by atoms with E-state index in [2.05, 4.69) is 24.5 Å². The van der Waals surface area contributed by atoms with E-state index < -0.39 is 0 Å². The van der Waals surface area contributed by atoms with Crippen LogP contribution < -0.4 is 10.6 Å². The maximum absolute atomic E-state index is 12.8. The van der Waals surface area contributed by atoms with Crippen LogP contribution in [0.1, 0.15) is 60.2 Å². The lowest BCUT2D eigenvalue weighted by molar-refractivity contribution is -0.114. The molecule has 0 spiro atoms. The maximum Gasteiger partial charge on any atom is 0.253 e. The number of anilines is 2. The monoisotopic (exact) mass is 476 g/mol. The van der Waals surface area contributed by atoms with Crippen molar-refractivity contribution in [3.63, 3.8) is 0 Å². The summed E-state index contributed by atoms with van der Waals surface area (Å²) in [5.41, 5.74) is 2.53. The topological polar surface area (TPSA) is 81.8 Å². The van der Waals surface area contributed by atoms with Crippen LogP contribution in [0.2, 0.25) is 0 Å². The van der Waals surface area contributed by atoms with E-state index in [1.165, 1.54) is 0 Å². The van der Waals surface area contributed by atoms with E-state index >= 15 is 0 Å². The largest absolute Gasteiger partial charge is 0.376 e. The molecule has 0 bridgehead atoms. The van der Waals surface area contributed by atoms with Gasteiger partial charge >= 0.3 is 0 Å². The third-order valence-corrected chi connectivity index (χ3v) is 7.10. The first-order chi connectivity index (χ1) is 16.9. The highest BCUT2D eigenvalue weighted by Gasteiger charge is 2.23. The molecule has 2 aliphatic heterocycles. The van der Waals surface area contributed by atoms with Crippen molar-refractivity contribution >= 4 is 29.1 Å². The van der Waals surface area contributed by atoms with E-state index in [1.807, 2.05) is 28.0 Å². The number of hydrogen-bond acceptors (Lipinski definition) is 4. The number of amides is 3. The summed E-state index contributed by atoms with van der Waals surface area (Å²) in [6.07, 6.45) is 4.12. The van der Waals surface area contributed by atoms with Crippen LogP contribution in [-0.4, -0.2) is 60.2 Å². The van der Waals surface area contributed by atoms with Crippen LogP contribution >= 0.6 is 0 Å². The molecule has 7 nitrogen and oxygen atoms in total. The minimum atomic E-state index is -0.219. The number of benzene rings is 2. The Bertz CT molecular complexity index is 1050. The molecular formula is C28H36N4O3. The van der Waals surface area contributed by atoms with Crippen LogP contribution in [0.25, 0.3) is 0 Å². The van der Waals surface area contributed by atoms with Crippen LogP contribution in [0.15, 0.2) is 48.5 Å². The number of nitrogens with zero attached hydrogens (tertiary/aromatic N) is 2. The van der Waals surface area contributed by atoms with Gasteiger partial charge in [-0.25, -0.2) is 0 Å². The lowest BCUT2D eigenvalue weighted by Gasteiger charge is -2.30. The first-order valence-corrected chi connectivity index (χ1v) is 12.7. The van der Waals surface area contributed by atoms with Gasteiger partial charge in [-0.2, -0.15) is 0 Å². The quantitative estimate of drug-likeness (QED) is 0.644. The van der Waals surface area contributed by atoms with Gasteiger partial charge in [-0.05, 0) is 73.9 Å².